The van der Waals surface area contributed by atoms with Crippen LogP contribution in [0.4, 0.5) is 0 Å². The van der Waals surface area contributed by atoms with Crippen molar-refractivity contribution < 1.29 is 23.8 Å². The Morgan fingerprint density at radius 2 is 1.70 bits per heavy atom. The van der Waals surface area contributed by atoms with Gasteiger partial charge in [-0.25, -0.2) is 0 Å². The van der Waals surface area contributed by atoms with Crippen LogP contribution in [0.1, 0.15) is 37.3 Å². The first-order valence-corrected chi connectivity index (χ1v) is 11.0. The van der Waals surface area contributed by atoms with Crippen LogP contribution in [0.15, 0.2) is 85.2 Å². The highest BCUT2D eigenvalue weighted by atomic mass is 16.5. The average Bonchev–Trinajstić information content (AvgIpc) is 2.81. The van der Waals surface area contributed by atoms with Crippen molar-refractivity contribution in [3.63, 3.8) is 0 Å². The van der Waals surface area contributed by atoms with Gasteiger partial charge >= 0.3 is 5.97 Å². The lowest BCUT2D eigenvalue weighted by molar-refractivity contribution is -0.137. The highest BCUT2D eigenvalue weighted by Crippen LogP contribution is 2.12. The van der Waals surface area contributed by atoms with Crippen molar-refractivity contribution in [3.8, 4) is 0 Å². The van der Waals surface area contributed by atoms with E-state index in [0.717, 1.165) is 11.1 Å². The van der Waals surface area contributed by atoms with Gasteiger partial charge in [-0.3, -0.25) is 9.59 Å². The molecule has 1 aliphatic rings. The standard InChI is InChI=1S/C15H18O3.C13H14O2/c1-13(18-14(2)16)10-12-17-11-6-9-15-7-4-3-5-8-15;14-12-8-9-15-13(10-12)7-6-11-4-2-1-3-5-11/h3-9H,1,10-12H2,2H3;1-7,13H,8-10H2/b9-6+;7-6+. The normalized spacial score (nSPS) is 15.8. The second-order valence-corrected chi connectivity index (χ2v) is 7.44. The summed E-state index contributed by atoms with van der Waals surface area (Å²) in [4.78, 5) is 21.8. The second-order valence-electron chi connectivity index (χ2n) is 7.44. The third-order valence-electron chi connectivity index (χ3n) is 4.58. The molecule has 174 valence electrons. The third-order valence-corrected chi connectivity index (χ3v) is 4.58. The minimum atomic E-state index is -0.344. The molecule has 0 spiro atoms. The summed E-state index contributed by atoms with van der Waals surface area (Å²) in [7, 11) is 0. The molecule has 0 amide bonds. The van der Waals surface area contributed by atoms with Gasteiger partial charge in [0.1, 0.15) is 11.5 Å². The van der Waals surface area contributed by atoms with Crippen molar-refractivity contribution in [1.82, 2.24) is 0 Å². The number of benzene rings is 2. The Morgan fingerprint density at radius 1 is 1.06 bits per heavy atom. The van der Waals surface area contributed by atoms with Crippen molar-refractivity contribution in [1.29, 1.82) is 0 Å². The number of Topliss-reactive ketones (excluding diaryl/α,β-unsaturated/α-hetero) is 1. The molecule has 1 aliphatic heterocycles. The van der Waals surface area contributed by atoms with Crippen LogP contribution in [0.25, 0.3) is 12.2 Å². The van der Waals surface area contributed by atoms with Gasteiger partial charge in [0.05, 0.1) is 25.9 Å². The molecule has 3 rings (SSSR count). The van der Waals surface area contributed by atoms with E-state index in [4.69, 9.17) is 14.2 Å². The molecule has 0 N–H and O–H groups in total. The molecule has 2 aromatic rings. The molecular formula is C28H32O5. The number of esters is 1. The van der Waals surface area contributed by atoms with Crippen LogP contribution in [0.2, 0.25) is 0 Å². The lowest BCUT2D eigenvalue weighted by Crippen LogP contribution is -2.23. The molecule has 2 aromatic carbocycles. The largest absolute Gasteiger partial charge is 0.432 e. The van der Waals surface area contributed by atoms with Crippen LogP contribution < -0.4 is 0 Å². The van der Waals surface area contributed by atoms with Crippen LogP contribution >= 0.6 is 0 Å². The smallest absolute Gasteiger partial charge is 0.307 e. The van der Waals surface area contributed by atoms with Crippen LogP contribution in [0.5, 0.6) is 0 Å². The van der Waals surface area contributed by atoms with E-state index >= 15 is 0 Å². The molecule has 0 bridgehead atoms. The predicted octanol–water partition coefficient (Wildman–Crippen LogP) is 5.63. The summed E-state index contributed by atoms with van der Waals surface area (Å²) in [5, 5.41) is 0. The van der Waals surface area contributed by atoms with E-state index in [0.29, 0.717) is 50.6 Å². The molecule has 1 saturated heterocycles. The average molecular weight is 449 g/mol. The van der Waals surface area contributed by atoms with E-state index in [1.807, 2.05) is 85.0 Å². The van der Waals surface area contributed by atoms with Crippen molar-refractivity contribution in [2.45, 2.75) is 32.3 Å². The fourth-order valence-corrected chi connectivity index (χ4v) is 2.96. The van der Waals surface area contributed by atoms with Gasteiger partial charge in [0.25, 0.3) is 0 Å². The summed E-state index contributed by atoms with van der Waals surface area (Å²) in [5.41, 5.74) is 2.28. The first kappa shape index (κ1) is 26.0. The van der Waals surface area contributed by atoms with Crippen LogP contribution in [0.3, 0.4) is 0 Å². The highest BCUT2D eigenvalue weighted by Gasteiger charge is 2.16. The van der Waals surface area contributed by atoms with Gasteiger partial charge in [0, 0.05) is 26.2 Å². The van der Waals surface area contributed by atoms with Gasteiger partial charge in [-0.15, -0.1) is 0 Å². The number of carbonyl (C=O) groups excluding carboxylic acids is 2. The molecule has 1 fully saturated rings. The zero-order valence-electron chi connectivity index (χ0n) is 19.2. The van der Waals surface area contributed by atoms with Crippen LogP contribution in [0, 0.1) is 0 Å². The number of ether oxygens (including phenoxy) is 3. The fourth-order valence-electron chi connectivity index (χ4n) is 2.96. The van der Waals surface area contributed by atoms with Crippen LogP contribution in [-0.4, -0.2) is 37.7 Å². The van der Waals surface area contributed by atoms with Crippen LogP contribution in [-0.2, 0) is 23.8 Å². The molecule has 5 heteroatoms. The van der Waals surface area contributed by atoms with E-state index in [2.05, 4.69) is 6.58 Å². The van der Waals surface area contributed by atoms with Gasteiger partial charge in [-0.2, -0.15) is 0 Å². The van der Waals surface area contributed by atoms with Gasteiger partial charge in [0.2, 0.25) is 0 Å². The van der Waals surface area contributed by atoms with Crippen molar-refractivity contribution in [3.05, 3.63) is 96.3 Å². The number of carbonyl (C=O) groups is 2. The number of rotatable bonds is 9. The topological polar surface area (TPSA) is 61.8 Å². The molecule has 0 aromatic heterocycles. The number of ketones is 1. The van der Waals surface area contributed by atoms with Crippen molar-refractivity contribution >= 4 is 23.9 Å². The summed E-state index contributed by atoms with van der Waals surface area (Å²) in [6.07, 6.45) is 9.49. The number of hydrogen-bond donors (Lipinski definition) is 0. The monoisotopic (exact) mass is 448 g/mol. The maximum Gasteiger partial charge on any atom is 0.307 e. The molecule has 0 aliphatic carbocycles. The summed E-state index contributed by atoms with van der Waals surface area (Å²) >= 11 is 0. The SMILES string of the molecule is C=C(CCOC/C=C/c1ccccc1)OC(C)=O.O=C1CCOC(/C=C/c2ccccc2)C1. The Morgan fingerprint density at radius 3 is 2.30 bits per heavy atom. The first-order valence-electron chi connectivity index (χ1n) is 11.0. The summed E-state index contributed by atoms with van der Waals surface area (Å²) in [6.45, 7) is 6.55. The van der Waals surface area contributed by atoms with Gasteiger partial charge < -0.3 is 14.2 Å². The molecule has 5 nitrogen and oxygen atoms in total. The minimum Gasteiger partial charge on any atom is -0.432 e. The summed E-state index contributed by atoms with van der Waals surface area (Å²) < 4.78 is 15.6. The fraction of sp³-hybridized carbons (Fsp3) is 0.286. The van der Waals surface area contributed by atoms with Crippen molar-refractivity contribution in [2.75, 3.05) is 19.8 Å². The van der Waals surface area contributed by atoms with E-state index in [1.165, 1.54) is 6.92 Å². The lowest BCUT2D eigenvalue weighted by Gasteiger charge is -2.18. The van der Waals surface area contributed by atoms with E-state index < -0.39 is 0 Å². The molecule has 0 saturated carbocycles. The van der Waals surface area contributed by atoms with Gasteiger partial charge in [-0.05, 0) is 11.1 Å². The zero-order chi connectivity index (χ0) is 23.7. The molecule has 33 heavy (non-hydrogen) atoms. The predicted molar refractivity (Wildman–Crippen MR) is 131 cm³/mol. The Bertz CT molecular complexity index is 916. The first-order chi connectivity index (χ1) is 16.0. The molecule has 1 heterocycles. The minimum absolute atomic E-state index is 0.0357. The highest BCUT2D eigenvalue weighted by molar-refractivity contribution is 5.80. The summed E-state index contributed by atoms with van der Waals surface area (Å²) in [6, 6.07) is 20.0. The molecular weight excluding hydrogens is 416 g/mol. The van der Waals surface area contributed by atoms with Gasteiger partial charge in [0.15, 0.2) is 0 Å². The maximum absolute atomic E-state index is 11.2. The lowest BCUT2D eigenvalue weighted by atomic mass is 10.1. The molecule has 1 unspecified atom stereocenters. The summed E-state index contributed by atoms with van der Waals surface area (Å²) in [5.74, 6) is 0.391. The van der Waals surface area contributed by atoms with Crippen molar-refractivity contribution in [2.24, 2.45) is 0 Å². The Labute approximate surface area is 196 Å². The van der Waals surface area contributed by atoms with E-state index in [-0.39, 0.29) is 12.1 Å². The number of hydrogen-bond acceptors (Lipinski definition) is 5. The second kappa shape index (κ2) is 15.5. The van der Waals surface area contributed by atoms with Gasteiger partial charge in [-0.1, -0.05) is 91.5 Å². The van der Waals surface area contributed by atoms with E-state index in [9.17, 15) is 9.59 Å². The Kier molecular flexibility index (Phi) is 12.2. The Balaban J connectivity index is 0.000000237. The Hall–Kier alpha value is -3.28. The zero-order valence-corrected chi connectivity index (χ0v) is 19.2. The van der Waals surface area contributed by atoms with E-state index in [1.54, 1.807) is 0 Å². The molecule has 1 atom stereocenters. The quantitative estimate of drug-likeness (QED) is 0.283. The maximum atomic E-state index is 11.2. The third kappa shape index (κ3) is 12.4. The molecule has 0 radical (unpaired) electrons.